The Bertz CT molecular complexity index is 975. The van der Waals surface area contributed by atoms with Crippen LogP contribution in [0, 0.1) is 5.92 Å². The molecule has 210 valence electrons. The second kappa shape index (κ2) is 13.5. The van der Waals surface area contributed by atoms with E-state index in [9.17, 15) is 19.5 Å². The lowest BCUT2D eigenvalue weighted by molar-refractivity contribution is -0.144. The number of amides is 2. The van der Waals surface area contributed by atoms with Crippen LogP contribution < -0.4 is 4.74 Å². The molecule has 0 saturated carbocycles. The number of hydrogen-bond donors (Lipinski definition) is 1. The first-order chi connectivity index (χ1) is 18.4. The van der Waals surface area contributed by atoms with Gasteiger partial charge in [0.1, 0.15) is 5.75 Å². The van der Waals surface area contributed by atoms with E-state index in [1.54, 1.807) is 0 Å². The molecule has 1 aromatic rings. The number of carboxylic acid groups (broad SMARTS) is 1. The van der Waals surface area contributed by atoms with Crippen LogP contribution in [0.2, 0.25) is 0 Å². The van der Waals surface area contributed by atoms with Crippen LogP contribution >= 0.6 is 0 Å². The Balaban J connectivity index is 1.54. The Morgan fingerprint density at radius 2 is 1.87 bits per heavy atom. The number of hydrogen-bond acceptors (Lipinski definition) is 5. The number of benzene rings is 1. The van der Waals surface area contributed by atoms with Crippen molar-refractivity contribution in [3.8, 4) is 5.75 Å². The van der Waals surface area contributed by atoms with Crippen molar-refractivity contribution >= 4 is 17.8 Å². The van der Waals surface area contributed by atoms with Crippen LogP contribution in [0.4, 0.5) is 0 Å². The lowest BCUT2D eigenvalue weighted by Crippen LogP contribution is -2.45. The Hall–Kier alpha value is -2.61. The molecule has 0 radical (unpaired) electrons. The van der Waals surface area contributed by atoms with E-state index in [1.807, 2.05) is 21.9 Å². The molecular weight excluding hydrogens is 482 g/mol. The van der Waals surface area contributed by atoms with E-state index in [0.29, 0.717) is 32.5 Å². The molecule has 3 aliphatic rings. The lowest BCUT2D eigenvalue weighted by atomic mass is 9.83. The number of unbranched alkanes of at least 4 members (excludes halogenated alkanes) is 2. The third-order valence-electron chi connectivity index (χ3n) is 8.53. The monoisotopic (exact) mass is 527 g/mol. The molecule has 0 bridgehead atoms. The number of carboxylic acids is 1. The van der Waals surface area contributed by atoms with E-state index in [2.05, 4.69) is 24.8 Å². The number of aliphatic carboxylic acids is 1. The zero-order valence-electron chi connectivity index (χ0n) is 23.2. The predicted octanol–water partition coefficient (Wildman–Crippen LogP) is 3.92. The smallest absolute Gasteiger partial charge is 0.308 e. The summed E-state index contributed by atoms with van der Waals surface area (Å²) in [6.07, 6.45) is 7.75. The van der Waals surface area contributed by atoms with Gasteiger partial charge in [0.05, 0.1) is 19.1 Å². The lowest BCUT2D eigenvalue weighted by Gasteiger charge is -2.30. The minimum atomic E-state index is -0.808. The van der Waals surface area contributed by atoms with Gasteiger partial charge in [0.2, 0.25) is 11.8 Å². The van der Waals surface area contributed by atoms with Crippen molar-refractivity contribution in [3.63, 3.8) is 0 Å². The fraction of sp³-hybridized carbons (Fsp3) is 0.700. The molecule has 3 heterocycles. The minimum Gasteiger partial charge on any atom is -0.493 e. The van der Waals surface area contributed by atoms with Crippen molar-refractivity contribution in [2.45, 2.75) is 83.6 Å². The Kier molecular flexibility index (Phi) is 10.1. The van der Waals surface area contributed by atoms with Crippen LogP contribution in [0.3, 0.4) is 0 Å². The molecule has 0 aliphatic carbocycles. The molecule has 2 saturated heterocycles. The van der Waals surface area contributed by atoms with Gasteiger partial charge >= 0.3 is 5.97 Å². The fourth-order valence-electron chi connectivity index (χ4n) is 6.39. The maximum atomic E-state index is 13.5. The number of rotatable bonds is 14. The van der Waals surface area contributed by atoms with Gasteiger partial charge in [0.25, 0.3) is 0 Å². The molecule has 0 spiro atoms. The number of nitrogens with zero attached hydrogens (tertiary/aromatic N) is 3. The number of likely N-dealkylation sites (tertiary alicyclic amines) is 2. The van der Waals surface area contributed by atoms with Crippen LogP contribution in [-0.2, 0) is 20.8 Å². The molecule has 2 amide bonds. The Morgan fingerprint density at radius 3 is 2.53 bits per heavy atom. The minimum absolute atomic E-state index is 0.0961. The van der Waals surface area contributed by atoms with E-state index in [4.69, 9.17) is 4.74 Å². The highest BCUT2D eigenvalue weighted by molar-refractivity contribution is 5.79. The molecule has 3 atom stereocenters. The van der Waals surface area contributed by atoms with Crippen molar-refractivity contribution in [1.82, 2.24) is 14.7 Å². The summed E-state index contributed by atoms with van der Waals surface area (Å²) in [4.78, 5) is 44.4. The van der Waals surface area contributed by atoms with Crippen LogP contribution in [0.5, 0.6) is 5.75 Å². The molecule has 1 unspecified atom stereocenters. The van der Waals surface area contributed by atoms with Gasteiger partial charge in [0, 0.05) is 57.5 Å². The zero-order valence-corrected chi connectivity index (χ0v) is 23.2. The molecule has 1 N–H and O–H groups in total. The van der Waals surface area contributed by atoms with Gasteiger partial charge in [-0.25, -0.2) is 0 Å². The van der Waals surface area contributed by atoms with Gasteiger partial charge in [-0.15, -0.1) is 0 Å². The number of carbonyl (C=O) groups excluding carboxylic acids is 2. The van der Waals surface area contributed by atoms with Crippen LogP contribution in [0.25, 0.3) is 0 Å². The summed E-state index contributed by atoms with van der Waals surface area (Å²) in [6, 6.07) is 5.84. The zero-order chi connectivity index (χ0) is 27.1. The average Bonchev–Trinajstić information content (AvgIpc) is 3.62. The standard InChI is InChI=1S/C30H45N3O5/c1-3-5-14-32(15-6-4-2)28(35)21-33-20-24(22-11-12-26-23(19-22)13-18-38-26)29(30(36)37)25(33)9-7-16-31-17-8-10-27(31)34/h11-12,19,24-25,29H,3-10,13-18,20-21H2,1-2H3,(H,36,37)/t24-,25+,29?/m1/s1. The third kappa shape index (κ3) is 6.68. The van der Waals surface area contributed by atoms with Gasteiger partial charge in [-0.1, -0.05) is 38.8 Å². The summed E-state index contributed by atoms with van der Waals surface area (Å²) in [5.41, 5.74) is 2.15. The summed E-state index contributed by atoms with van der Waals surface area (Å²) in [6.45, 7) is 8.67. The van der Waals surface area contributed by atoms with Gasteiger partial charge < -0.3 is 19.6 Å². The van der Waals surface area contributed by atoms with Crippen molar-refractivity contribution < 1.29 is 24.2 Å². The highest BCUT2D eigenvalue weighted by atomic mass is 16.5. The van der Waals surface area contributed by atoms with E-state index < -0.39 is 11.9 Å². The van der Waals surface area contributed by atoms with Gasteiger partial charge in [0.15, 0.2) is 0 Å². The summed E-state index contributed by atoms with van der Waals surface area (Å²) >= 11 is 0. The van der Waals surface area contributed by atoms with Crippen molar-refractivity contribution in [1.29, 1.82) is 0 Å². The average molecular weight is 528 g/mol. The summed E-state index contributed by atoms with van der Waals surface area (Å²) in [5.74, 6) is -0.419. The molecular formula is C30H45N3O5. The molecule has 2 fully saturated rings. The van der Waals surface area contributed by atoms with Crippen LogP contribution in [0.15, 0.2) is 18.2 Å². The number of carbonyl (C=O) groups is 3. The molecule has 38 heavy (non-hydrogen) atoms. The van der Waals surface area contributed by atoms with Gasteiger partial charge in [-0.2, -0.15) is 0 Å². The second-order valence-electron chi connectivity index (χ2n) is 11.1. The van der Waals surface area contributed by atoms with Crippen LogP contribution in [-0.4, -0.2) is 89.5 Å². The third-order valence-corrected chi connectivity index (χ3v) is 8.53. The maximum Gasteiger partial charge on any atom is 0.308 e. The van der Waals surface area contributed by atoms with E-state index in [1.165, 1.54) is 0 Å². The first-order valence-electron chi connectivity index (χ1n) is 14.7. The quantitative estimate of drug-likeness (QED) is 0.394. The normalized spacial score (nSPS) is 23.1. The van der Waals surface area contributed by atoms with Gasteiger partial charge in [-0.05, 0) is 49.3 Å². The Morgan fingerprint density at radius 1 is 1.11 bits per heavy atom. The summed E-state index contributed by atoms with van der Waals surface area (Å²) in [7, 11) is 0. The highest BCUT2D eigenvalue weighted by Gasteiger charge is 2.47. The summed E-state index contributed by atoms with van der Waals surface area (Å²) in [5, 5.41) is 10.4. The largest absolute Gasteiger partial charge is 0.493 e. The van der Waals surface area contributed by atoms with Gasteiger partial charge in [-0.3, -0.25) is 19.3 Å². The molecule has 8 heteroatoms. The molecule has 8 nitrogen and oxygen atoms in total. The second-order valence-corrected chi connectivity index (χ2v) is 11.1. The fourth-order valence-corrected chi connectivity index (χ4v) is 6.39. The number of ether oxygens (including phenoxy) is 1. The van der Waals surface area contributed by atoms with E-state index >= 15 is 0 Å². The first kappa shape index (κ1) is 28.4. The maximum absolute atomic E-state index is 13.5. The predicted molar refractivity (Wildman–Crippen MR) is 146 cm³/mol. The van der Waals surface area contributed by atoms with Crippen LogP contribution in [0.1, 0.15) is 82.3 Å². The molecule has 1 aromatic carbocycles. The topological polar surface area (TPSA) is 90.4 Å². The number of fused-ring (bicyclic) bond motifs is 1. The van der Waals surface area contributed by atoms with Crippen molar-refractivity contribution in [3.05, 3.63) is 29.3 Å². The Labute approximate surface area is 227 Å². The first-order valence-corrected chi connectivity index (χ1v) is 14.7. The molecule has 0 aromatic heterocycles. The van der Waals surface area contributed by atoms with Crippen molar-refractivity contribution in [2.75, 3.05) is 45.9 Å². The van der Waals surface area contributed by atoms with E-state index in [0.717, 1.165) is 81.5 Å². The van der Waals surface area contributed by atoms with Crippen molar-refractivity contribution in [2.24, 2.45) is 5.92 Å². The SMILES string of the molecule is CCCCN(CCCC)C(=O)CN1C[C@H](c2ccc3c(c2)CCO3)C(C(=O)O)[C@@H]1CCCN1CCCC1=O. The molecule has 4 rings (SSSR count). The molecule has 3 aliphatic heterocycles. The highest BCUT2D eigenvalue weighted by Crippen LogP contribution is 2.41. The summed E-state index contributed by atoms with van der Waals surface area (Å²) < 4.78 is 5.68. The van der Waals surface area contributed by atoms with E-state index in [-0.39, 0.29) is 30.3 Å².